The zero-order valence-corrected chi connectivity index (χ0v) is 13.0. The molecule has 4 heteroatoms. The summed E-state index contributed by atoms with van der Waals surface area (Å²) in [5.74, 6) is -0.492. The monoisotopic (exact) mass is 309 g/mol. The molecule has 0 fully saturated rings. The van der Waals surface area contributed by atoms with Crippen molar-refractivity contribution in [2.75, 3.05) is 6.54 Å². The highest BCUT2D eigenvalue weighted by Gasteiger charge is 2.17. The highest BCUT2D eigenvalue weighted by molar-refractivity contribution is 5.96. The second-order valence-corrected chi connectivity index (χ2v) is 5.54. The Morgan fingerprint density at radius 1 is 1.13 bits per heavy atom. The molecule has 2 aromatic rings. The topological polar surface area (TPSA) is 60.2 Å². The molecule has 0 amide bonds. The van der Waals surface area contributed by atoms with Gasteiger partial charge in [-0.1, -0.05) is 72.3 Å². The van der Waals surface area contributed by atoms with Crippen LogP contribution in [0.3, 0.4) is 0 Å². The van der Waals surface area contributed by atoms with Gasteiger partial charge in [-0.05, 0) is 12.5 Å². The summed E-state index contributed by atoms with van der Waals surface area (Å²) in [7, 11) is 0. The Hall–Kier alpha value is -2.75. The molecule has 0 saturated carbocycles. The van der Waals surface area contributed by atoms with E-state index in [2.05, 4.69) is 0 Å². The van der Waals surface area contributed by atoms with Crippen LogP contribution in [0.15, 0.2) is 60.7 Å². The summed E-state index contributed by atoms with van der Waals surface area (Å²) in [5.41, 5.74) is 2.63. The van der Waals surface area contributed by atoms with Gasteiger partial charge in [0.05, 0.1) is 0 Å². The third kappa shape index (κ3) is 5.51. The Morgan fingerprint density at radius 2 is 1.78 bits per heavy atom. The molecule has 0 bridgehead atoms. The van der Waals surface area contributed by atoms with Crippen molar-refractivity contribution in [1.29, 1.82) is 0 Å². The van der Waals surface area contributed by atoms with Crippen molar-refractivity contribution in [3.63, 3.8) is 0 Å². The van der Waals surface area contributed by atoms with Crippen molar-refractivity contribution in [2.45, 2.75) is 13.3 Å². The van der Waals surface area contributed by atoms with Crippen LogP contribution in [0.2, 0.25) is 0 Å². The van der Waals surface area contributed by atoms with Crippen molar-refractivity contribution in [1.82, 2.24) is 0 Å². The van der Waals surface area contributed by atoms with Crippen molar-refractivity contribution >= 4 is 11.9 Å². The van der Waals surface area contributed by atoms with Crippen LogP contribution in [0.5, 0.6) is 0 Å². The number of hydrogen-bond donors (Lipinski definition) is 0. The third-order valence-corrected chi connectivity index (χ3v) is 3.57. The number of carbonyl (C=O) groups excluding carboxylic acids is 1. The minimum absolute atomic E-state index is 0.0745. The molecule has 0 aliphatic rings. The highest BCUT2D eigenvalue weighted by Crippen LogP contribution is 2.15. The van der Waals surface area contributed by atoms with E-state index in [-0.39, 0.29) is 23.7 Å². The normalized spacial score (nSPS) is 12.2. The number of rotatable bonds is 7. The molecule has 0 saturated heterocycles. The molecular weight excluding hydrogens is 290 g/mol. The maximum atomic E-state index is 12.3. The predicted octanol–water partition coefficient (Wildman–Crippen LogP) is 4.17. The van der Waals surface area contributed by atoms with Gasteiger partial charge >= 0.3 is 0 Å². The van der Waals surface area contributed by atoms with Gasteiger partial charge in [0.1, 0.15) is 0 Å². The molecule has 0 aliphatic heterocycles. The molecule has 0 spiro atoms. The zero-order valence-electron chi connectivity index (χ0n) is 13.0. The summed E-state index contributed by atoms with van der Waals surface area (Å²) in [6.45, 7) is 1.70. The number of hydrogen-bond acceptors (Lipinski definition) is 3. The number of carbonyl (C=O) groups is 1. The molecule has 1 atom stereocenters. The Kier molecular flexibility index (Phi) is 5.80. The fourth-order valence-corrected chi connectivity index (χ4v) is 2.29. The van der Waals surface area contributed by atoms with Gasteiger partial charge in [0.15, 0.2) is 5.78 Å². The SMILES string of the molecule is Cc1ccc(C(=O)C[C@H](/C=C/c2ccccc2)C[N+](=O)[O-])cc1. The quantitative estimate of drug-likeness (QED) is 0.438. The number of benzene rings is 2. The van der Waals surface area contributed by atoms with Gasteiger partial charge in [-0.25, -0.2) is 0 Å². The van der Waals surface area contributed by atoms with E-state index in [1.54, 1.807) is 18.2 Å². The number of Topliss-reactive ketones (excluding diaryl/α,β-unsaturated/α-hetero) is 1. The van der Waals surface area contributed by atoms with Crippen LogP contribution in [0.25, 0.3) is 6.08 Å². The van der Waals surface area contributed by atoms with Crippen molar-refractivity contribution in [2.24, 2.45) is 5.92 Å². The van der Waals surface area contributed by atoms with Gasteiger partial charge in [-0.15, -0.1) is 0 Å². The summed E-state index contributed by atoms with van der Waals surface area (Å²) in [6, 6.07) is 16.8. The average Bonchev–Trinajstić information content (AvgIpc) is 2.53. The van der Waals surface area contributed by atoms with Gasteiger partial charge in [-0.3, -0.25) is 14.9 Å². The summed E-state index contributed by atoms with van der Waals surface area (Å²) in [4.78, 5) is 22.8. The molecular formula is C19H19NO3. The summed E-state index contributed by atoms with van der Waals surface area (Å²) in [5, 5.41) is 10.8. The standard InChI is InChI=1S/C19H19NO3/c1-15-7-11-18(12-8-15)19(21)13-17(14-20(22)23)10-9-16-5-3-2-4-6-16/h2-12,17H,13-14H2,1H3/b10-9+/t17-/m0/s1. The second kappa shape index (κ2) is 8.03. The minimum Gasteiger partial charge on any atom is -0.294 e. The summed E-state index contributed by atoms with van der Waals surface area (Å²) >= 11 is 0. The number of ketones is 1. The Labute approximate surface area is 135 Å². The molecule has 23 heavy (non-hydrogen) atoms. The van der Waals surface area contributed by atoms with E-state index in [9.17, 15) is 14.9 Å². The van der Waals surface area contributed by atoms with Crippen molar-refractivity contribution < 1.29 is 9.72 Å². The molecule has 0 unspecified atom stereocenters. The lowest BCUT2D eigenvalue weighted by molar-refractivity contribution is -0.485. The molecule has 0 aromatic heterocycles. The molecule has 2 rings (SSSR count). The van der Waals surface area contributed by atoms with E-state index >= 15 is 0 Å². The van der Waals surface area contributed by atoms with Gasteiger partial charge in [0, 0.05) is 22.8 Å². The van der Waals surface area contributed by atoms with E-state index in [4.69, 9.17) is 0 Å². The molecule has 0 radical (unpaired) electrons. The predicted molar refractivity (Wildman–Crippen MR) is 91.0 cm³/mol. The molecule has 0 N–H and O–H groups in total. The van der Waals surface area contributed by atoms with Crippen molar-refractivity contribution in [3.05, 3.63) is 87.5 Å². The van der Waals surface area contributed by atoms with E-state index in [1.165, 1.54) is 0 Å². The maximum absolute atomic E-state index is 12.3. The van der Waals surface area contributed by atoms with Gasteiger partial charge < -0.3 is 0 Å². The van der Waals surface area contributed by atoms with E-state index in [0.717, 1.165) is 11.1 Å². The van der Waals surface area contributed by atoms with E-state index in [0.29, 0.717) is 5.56 Å². The Balaban J connectivity index is 2.09. The first-order valence-corrected chi connectivity index (χ1v) is 7.49. The summed E-state index contributed by atoms with van der Waals surface area (Å²) < 4.78 is 0. The van der Waals surface area contributed by atoms with Gasteiger partial charge in [-0.2, -0.15) is 0 Å². The van der Waals surface area contributed by atoms with Crippen LogP contribution in [0.4, 0.5) is 0 Å². The smallest absolute Gasteiger partial charge is 0.210 e. The fraction of sp³-hybridized carbons (Fsp3) is 0.211. The van der Waals surface area contributed by atoms with Crippen LogP contribution < -0.4 is 0 Å². The van der Waals surface area contributed by atoms with Crippen LogP contribution in [0, 0.1) is 23.0 Å². The Bertz CT molecular complexity index is 690. The lowest BCUT2D eigenvalue weighted by Crippen LogP contribution is -2.16. The number of aryl methyl sites for hydroxylation is 1. The van der Waals surface area contributed by atoms with E-state index < -0.39 is 5.92 Å². The lowest BCUT2D eigenvalue weighted by atomic mass is 9.96. The maximum Gasteiger partial charge on any atom is 0.210 e. The fourth-order valence-electron chi connectivity index (χ4n) is 2.29. The lowest BCUT2D eigenvalue weighted by Gasteiger charge is -2.08. The first kappa shape index (κ1) is 16.6. The average molecular weight is 309 g/mol. The molecule has 0 aliphatic carbocycles. The van der Waals surface area contributed by atoms with Gasteiger partial charge in [0.25, 0.3) is 0 Å². The minimum atomic E-state index is -0.418. The molecule has 118 valence electrons. The second-order valence-electron chi connectivity index (χ2n) is 5.54. The number of nitrogens with zero attached hydrogens (tertiary/aromatic N) is 1. The molecule has 2 aromatic carbocycles. The van der Waals surface area contributed by atoms with Crippen LogP contribution in [-0.2, 0) is 0 Å². The number of nitro groups is 1. The van der Waals surface area contributed by atoms with E-state index in [1.807, 2.05) is 55.5 Å². The Morgan fingerprint density at radius 3 is 2.39 bits per heavy atom. The van der Waals surface area contributed by atoms with Crippen LogP contribution >= 0.6 is 0 Å². The summed E-state index contributed by atoms with van der Waals surface area (Å²) in [6.07, 6.45) is 3.72. The first-order chi connectivity index (χ1) is 11.0. The van der Waals surface area contributed by atoms with Crippen LogP contribution in [-0.4, -0.2) is 17.3 Å². The molecule has 4 nitrogen and oxygen atoms in total. The van der Waals surface area contributed by atoms with Crippen molar-refractivity contribution in [3.8, 4) is 0 Å². The highest BCUT2D eigenvalue weighted by atomic mass is 16.6. The third-order valence-electron chi connectivity index (χ3n) is 3.57. The largest absolute Gasteiger partial charge is 0.294 e. The first-order valence-electron chi connectivity index (χ1n) is 7.49. The zero-order chi connectivity index (χ0) is 16.7. The van der Waals surface area contributed by atoms with Gasteiger partial charge in [0.2, 0.25) is 6.54 Å². The van der Waals surface area contributed by atoms with Crippen LogP contribution in [0.1, 0.15) is 27.9 Å². The molecule has 0 heterocycles.